The van der Waals surface area contributed by atoms with Gasteiger partial charge in [0, 0.05) is 18.7 Å². The number of nitrogens with one attached hydrogen (secondary N) is 2. The van der Waals surface area contributed by atoms with Crippen LogP contribution in [0.15, 0.2) is 47.4 Å². The topological polar surface area (TPSA) is 114 Å². The van der Waals surface area contributed by atoms with Gasteiger partial charge in [0.05, 0.1) is 11.4 Å². The number of thioether (sulfide) groups is 1. The molecule has 0 bridgehead atoms. The largest absolute Gasteiger partial charge is 0.454 e. The molecule has 0 spiro atoms. The molecule has 2 aliphatic heterocycles. The van der Waals surface area contributed by atoms with Gasteiger partial charge < -0.3 is 20.1 Å². The van der Waals surface area contributed by atoms with E-state index in [0.29, 0.717) is 22.6 Å². The lowest BCUT2D eigenvalue weighted by molar-refractivity contribution is -0.124. The molecule has 1 fully saturated rings. The van der Waals surface area contributed by atoms with Gasteiger partial charge in [0.1, 0.15) is 0 Å². The lowest BCUT2D eigenvalue weighted by atomic mass is 10.1. The van der Waals surface area contributed by atoms with E-state index in [4.69, 9.17) is 9.47 Å². The molecule has 0 unspecified atom stereocenters. The maximum Gasteiger partial charge on any atom is 0.293 e. The first-order valence-corrected chi connectivity index (χ1v) is 11.0. The summed E-state index contributed by atoms with van der Waals surface area (Å²) in [6, 6.07) is 12.3. The van der Waals surface area contributed by atoms with Crippen molar-refractivity contribution in [1.82, 2.24) is 15.5 Å². The Hall–Kier alpha value is -3.79. The monoisotopic (exact) mass is 467 g/mol. The predicted molar refractivity (Wildman–Crippen MR) is 122 cm³/mol. The molecule has 0 aromatic heterocycles. The Labute approximate surface area is 194 Å². The number of imide groups is 1. The number of ether oxygens (including phenoxy) is 2. The summed E-state index contributed by atoms with van der Waals surface area (Å²) in [5, 5.41) is 4.75. The van der Waals surface area contributed by atoms with Crippen molar-refractivity contribution in [2.75, 3.05) is 26.4 Å². The fourth-order valence-corrected chi connectivity index (χ4v) is 4.17. The molecule has 10 heteroatoms. The van der Waals surface area contributed by atoms with Crippen molar-refractivity contribution < 1.29 is 28.7 Å². The highest BCUT2D eigenvalue weighted by Gasteiger charge is 2.34. The van der Waals surface area contributed by atoms with Crippen molar-refractivity contribution in [2.24, 2.45) is 0 Å². The maximum atomic E-state index is 12.6. The van der Waals surface area contributed by atoms with Gasteiger partial charge in [-0.25, -0.2) is 0 Å². The van der Waals surface area contributed by atoms with Gasteiger partial charge in [-0.2, -0.15) is 0 Å². The van der Waals surface area contributed by atoms with Gasteiger partial charge >= 0.3 is 0 Å². The average Bonchev–Trinajstić information content (AvgIpc) is 3.37. The van der Waals surface area contributed by atoms with Crippen LogP contribution in [0.2, 0.25) is 0 Å². The number of aryl methyl sites for hydroxylation is 1. The summed E-state index contributed by atoms with van der Waals surface area (Å²) in [4.78, 5) is 50.5. The summed E-state index contributed by atoms with van der Waals surface area (Å²) in [5.41, 5.74) is 2.02. The van der Waals surface area contributed by atoms with Crippen molar-refractivity contribution in [1.29, 1.82) is 0 Å². The van der Waals surface area contributed by atoms with Crippen LogP contribution in [-0.4, -0.2) is 54.3 Å². The number of benzene rings is 2. The van der Waals surface area contributed by atoms with Crippen molar-refractivity contribution in [3.05, 3.63) is 64.1 Å². The summed E-state index contributed by atoms with van der Waals surface area (Å²) in [7, 11) is 0. The second kappa shape index (κ2) is 9.78. The van der Waals surface area contributed by atoms with Crippen molar-refractivity contribution in [2.45, 2.75) is 6.92 Å². The van der Waals surface area contributed by atoms with Crippen LogP contribution in [0.25, 0.3) is 6.08 Å². The van der Waals surface area contributed by atoms with E-state index in [1.807, 2.05) is 19.1 Å². The summed E-state index contributed by atoms with van der Waals surface area (Å²) >= 11 is 0.839. The number of hydrogen-bond acceptors (Lipinski definition) is 7. The summed E-state index contributed by atoms with van der Waals surface area (Å²) in [6.07, 6.45) is 1.62. The number of amides is 4. The van der Waals surface area contributed by atoms with Crippen LogP contribution in [0, 0.1) is 6.92 Å². The van der Waals surface area contributed by atoms with Crippen LogP contribution >= 0.6 is 11.8 Å². The fourth-order valence-electron chi connectivity index (χ4n) is 3.30. The molecule has 2 aromatic rings. The van der Waals surface area contributed by atoms with Gasteiger partial charge in [0.25, 0.3) is 17.1 Å². The van der Waals surface area contributed by atoms with Crippen LogP contribution in [0.3, 0.4) is 0 Å². The fraction of sp³-hybridized carbons (Fsp3) is 0.217. The molecule has 0 aliphatic carbocycles. The molecule has 0 saturated carbocycles. The van der Waals surface area contributed by atoms with E-state index in [1.54, 1.807) is 36.4 Å². The first-order valence-electron chi connectivity index (χ1n) is 10.2. The zero-order chi connectivity index (χ0) is 23.4. The molecule has 0 atom stereocenters. The van der Waals surface area contributed by atoms with Crippen LogP contribution in [0.1, 0.15) is 21.5 Å². The van der Waals surface area contributed by atoms with Crippen molar-refractivity contribution >= 4 is 40.8 Å². The van der Waals surface area contributed by atoms with Gasteiger partial charge in [-0.1, -0.05) is 24.3 Å². The van der Waals surface area contributed by atoms with Gasteiger partial charge in [0.2, 0.25) is 12.7 Å². The molecule has 1 saturated heterocycles. The molecule has 170 valence electrons. The normalized spacial score (nSPS) is 15.8. The summed E-state index contributed by atoms with van der Waals surface area (Å²) in [6.45, 7) is 1.86. The third kappa shape index (κ3) is 5.17. The first-order chi connectivity index (χ1) is 15.9. The Bertz CT molecular complexity index is 1160. The zero-order valence-electron chi connectivity index (χ0n) is 17.8. The minimum atomic E-state index is -0.426. The van der Waals surface area contributed by atoms with E-state index in [0.717, 1.165) is 22.2 Å². The number of carbonyl (C=O) groups is 4. The lowest BCUT2D eigenvalue weighted by Crippen LogP contribution is -2.41. The van der Waals surface area contributed by atoms with Gasteiger partial charge in [0.15, 0.2) is 11.5 Å². The van der Waals surface area contributed by atoms with Crippen LogP contribution < -0.4 is 20.1 Å². The van der Waals surface area contributed by atoms with E-state index in [-0.39, 0.29) is 37.2 Å². The summed E-state index contributed by atoms with van der Waals surface area (Å²) in [5.74, 6) is 0.0266. The standard InChI is InChI=1S/C23H21N3O6S/c1-14-4-2-3-5-16(14)21(28)25-12-20(27)24-8-9-26-22(29)19(33-23(26)30)11-15-6-7-17-18(10-15)32-13-31-17/h2-7,10-11H,8-9,12-13H2,1H3,(H,24,27)(H,25,28)/b19-11-. The second-order valence-electron chi connectivity index (χ2n) is 7.29. The second-order valence-corrected chi connectivity index (χ2v) is 8.29. The Balaban J connectivity index is 1.26. The highest BCUT2D eigenvalue weighted by molar-refractivity contribution is 8.18. The molecule has 9 nitrogen and oxygen atoms in total. The van der Waals surface area contributed by atoms with E-state index in [2.05, 4.69) is 10.6 Å². The van der Waals surface area contributed by atoms with Crippen LogP contribution in [-0.2, 0) is 9.59 Å². The highest BCUT2D eigenvalue weighted by atomic mass is 32.2. The minimum Gasteiger partial charge on any atom is -0.454 e. The molecule has 0 radical (unpaired) electrons. The Morgan fingerprint density at radius 3 is 2.70 bits per heavy atom. The van der Waals surface area contributed by atoms with Crippen LogP contribution in [0.4, 0.5) is 4.79 Å². The van der Waals surface area contributed by atoms with E-state index in [9.17, 15) is 19.2 Å². The number of rotatable bonds is 7. The quantitative estimate of drug-likeness (QED) is 0.601. The summed E-state index contributed by atoms with van der Waals surface area (Å²) < 4.78 is 10.6. The third-order valence-corrected chi connectivity index (χ3v) is 5.93. The number of nitrogens with zero attached hydrogens (tertiary/aromatic N) is 1. The van der Waals surface area contributed by atoms with Gasteiger partial charge in [-0.3, -0.25) is 24.1 Å². The van der Waals surface area contributed by atoms with E-state index >= 15 is 0 Å². The van der Waals surface area contributed by atoms with Crippen LogP contribution in [0.5, 0.6) is 11.5 Å². The Kier molecular flexibility index (Phi) is 6.64. The van der Waals surface area contributed by atoms with Gasteiger partial charge in [-0.15, -0.1) is 0 Å². The Morgan fingerprint density at radius 2 is 1.88 bits per heavy atom. The van der Waals surface area contributed by atoms with Crippen molar-refractivity contribution in [3.8, 4) is 11.5 Å². The molecule has 4 amide bonds. The van der Waals surface area contributed by atoms with Gasteiger partial charge in [-0.05, 0) is 54.1 Å². The van der Waals surface area contributed by atoms with Crippen molar-refractivity contribution in [3.63, 3.8) is 0 Å². The highest BCUT2D eigenvalue weighted by Crippen LogP contribution is 2.36. The average molecular weight is 468 g/mol. The SMILES string of the molecule is Cc1ccccc1C(=O)NCC(=O)NCCN1C(=O)S/C(=C\c2ccc3c(c2)OCO3)C1=O. The molecular weight excluding hydrogens is 446 g/mol. The molecule has 2 aromatic carbocycles. The molecule has 2 aliphatic rings. The molecular formula is C23H21N3O6S. The molecule has 4 rings (SSSR count). The predicted octanol–water partition coefficient (Wildman–Crippen LogP) is 2.31. The first kappa shape index (κ1) is 22.4. The van der Waals surface area contributed by atoms with E-state index in [1.165, 1.54) is 0 Å². The number of carbonyl (C=O) groups excluding carboxylic acids is 4. The molecule has 33 heavy (non-hydrogen) atoms. The number of hydrogen-bond donors (Lipinski definition) is 2. The van der Waals surface area contributed by atoms with E-state index < -0.39 is 17.1 Å². The maximum absolute atomic E-state index is 12.6. The minimum absolute atomic E-state index is 0.0284. The number of fused-ring (bicyclic) bond motifs is 1. The molecule has 2 heterocycles. The smallest absolute Gasteiger partial charge is 0.293 e. The Morgan fingerprint density at radius 1 is 1.09 bits per heavy atom. The zero-order valence-corrected chi connectivity index (χ0v) is 18.6. The lowest BCUT2D eigenvalue weighted by Gasteiger charge is -2.13. The molecule has 2 N–H and O–H groups in total. The third-order valence-electron chi connectivity index (χ3n) is 5.02.